The summed E-state index contributed by atoms with van der Waals surface area (Å²) in [5, 5.41) is 3.07. The van der Waals surface area contributed by atoms with E-state index < -0.39 is 0 Å². The van der Waals surface area contributed by atoms with Crippen LogP contribution in [0.25, 0.3) is 0 Å². The summed E-state index contributed by atoms with van der Waals surface area (Å²) in [5.41, 5.74) is 2.50. The first-order chi connectivity index (χ1) is 11.1. The van der Waals surface area contributed by atoms with Gasteiger partial charge in [-0.15, -0.1) is 0 Å². The lowest BCUT2D eigenvalue weighted by atomic mass is 9.88. The minimum atomic E-state index is -0.333. The predicted octanol–water partition coefficient (Wildman–Crippen LogP) is 2.73. The summed E-state index contributed by atoms with van der Waals surface area (Å²) >= 11 is 0. The Bertz CT molecular complexity index is 727. The van der Waals surface area contributed by atoms with Crippen LogP contribution in [-0.2, 0) is 4.79 Å². The Labute approximate surface area is 136 Å². The molecule has 4 heteroatoms. The number of nitrogens with one attached hydrogen (secondary N) is 1. The second kappa shape index (κ2) is 6.24. The van der Waals surface area contributed by atoms with E-state index in [-0.39, 0.29) is 23.8 Å². The molecule has 1 heterocycles. The van der Waals surface area contributed by atoms with Crippen LogP contribution < -0.4 is 5.32 Å². The number of carbonyl (C=O) groups excluding carboxylic acids is 2. The van der Waals surface area contributed by atoms with Crippen LogP contribution >= 0.6 is 0 Å². The molecule has 1 aliphatic rings. The molecule has 0 aliphatic carbocycles. The van der Waals surface area contributed by atoms with Gasteiger partial charge in [-0.2, -0.15) is 0 Å². The summed E-state index contributed by atoms with van der Waals surface area (Å²) in [6.07, 6.45) is 0. The fourth-order valence-electron chi connectivity index (χ4n) is 3.02. The lowest BCUT2D eigenvalue weighted by Gasteiger charge is -2.31. The zero-order chi connectivity index (χ0) is 16.4. The number of fused-ring (bicyclic) bond motifs is 1. The van der Waals surface area contributed by atoms with Gasteiger partial charge in [0.05, 0.1) is 12.0 Å². The number of benzene rings is 2. The molecule has 23 heavy (non-hydrogen) atoms. The van der Waals surface area contributed by atoms with Gasteiger partial charge in [-0.25, -0.2) is 0 Å². The number of hydrogen-bond donors (Lipinski definition) is 1. The second-order valence-corrected chi connectivity index (χ2v) is 5.97. The first-order valence-corrected chi connectivity index (χ1v) is 7.77. The van der Waals surface area contributed by atoms with Crippen molar-refractivity contribution >= 4 is 11.8 Å². The van der Waals surface area contributed by atoms with Crippen molar-refractivity contribution in [3.8, 4) is 0 Å². The van der Waals surface area contributed by atoms with Crippen molar-refractivity contribution in [1.82, 2.24) is 10.2 Å². The fraction of sp³-hybridized carbons (Fsp3) is 0.263. The SMILES string of the molecule is CC(NC(=O)C1CN(C)C(=O)c2ccccc21)c1ccccc1. The van der Waals surface area contributed by atoms with E-state index in [1.807, 2.05) is 55.5 Å². The molecule has 0 aromatic heterocycles. The Morgan fingerprint density at radius 1 is 1.13 bits per heavy atom. The molecular weight excluding hydrogens is 288 g/mol. The maximum absolute atomic E-state index is 12.7. The molecule has 0 radical (unpaired) electrons. The highest BCUT2D eigenvalue weighted by molar-refractivity contribution is 6.00. The van der Waals surface area contributed by atoms with Gasteiger partial charge < -0.3 is 10.2 Å². The fourth-order valence-corrected chi connectivity index (χ4v) is 3.02. The largest absolute Gasteiger partial charge is 0.349 e. The van der Waals surface area contributed by atoms with Crippen molar-refractivity contribution < 1.29 is 9.59 Å². The molecule has 0 fully saturated rings. The first-order valence-electron chi connectivity index (χ1n) is 7.77. The van der Waals surface area contributed by atoms with Crippen LogP contribution in [0.4, 0.5) is 0 Å². The summed E-state index contributed by atoms with van der Waals surface area (Å²) in [4.78, 5) is 26.6. The van der Waals surface area contributed by atoms with E-state index in [0.717, 1.165) is 11.1 Å². The Balaban J connectivity index is 1.83. The molecule has 0 bridgehead atoms. The highest BCUT2D eigenvalue weighted by Gasteiger charge is 2.33. The number of likely N-dealkylation sites (N-methyl/N-ethyl adjacent to an activating group) is 1. The molecule has 1 N–H and O–H groups in total. The molecule has 2 aromatic rings. The Morgan fingerprint density at radius 2 is 1.78 bits per heavy atom. The summed E-state index contributed by atoms with van der Waals surface area (Å²) in [7, 11) is 1.74. The normalized spacial score (nSPS) is 18.3. The van der Waals surface area contributed by atoms with Crippen molar-refractivity contribution in [2.75, 3.05) is 13.6 Å². The number of hydrogen-bond acceptors (Lipinski definition) is 2. The van der Waals surface area contributed by atoms with E-state index in [4.69, 9.17) is 0 Å². The minimum absolute atomic E-state index is 0.0271. The molecule has 0 saturated heterocycles. The zero-order valence-corrected chi connectivity index (χ0v) is 13.3. The minimum Gasteiger partial charge on any atom is -0.349 e. The van der Waals surface area contributed by atoms with Gasteiger partial charge in [0.15, 0.2) is 0 Å². The van der Waals surface area contributed by atoms with E-state index in [1.165, 1.54) is 0 Å². The van der Waals surface area contributed by atoms with Gasteiger partial charge in [-0.1, -0.05) is 48.5 Å². The standard InChI is InChI=1S/C19H20N2O2/c1-13(14-8-4-3-5-9-14)20-18(22)17-12-21(2)19(23)16-11-7-6-10-15(16)17/h3-11,13,17H,12H2,1-2H3,(H,20,22). The average molecular weight is 308 g/mol. The molecule has 0 saturated carbocycles. The molecule has 2 unspecified atom stereocenters. The van der Waals surface area contributed by atoms with Gasteiger partial charge in [0, 0.05) is 19.2 Å². The van der Waals surface area contributed by atoms with Crippen LogP contribution in [0.3, 0.4) is 0 Å². The van der Waals surface area contributed by atoms with Gasteiger partial charge in [-0.3, -0.25) is 9.59 Å². The molecule has 0 spiro atoms. The first kappa shape index (κ1) is 15.3. The number of amides is 2. The molecule has 4 nitrogen and oxygen atoms in total. The summed E-state index contributed by atoms with van der Waals surface area (Å²) in [6, 6.07) is 17.2. The molecule has 2 aromatic carbocycles. The van der Waals surface area contributed by atoms with Gasteiger partial charge >= 0.3 is 0 Å². The number of rotatable bonds is 3. The monoisotopic (exact) mass is 308 g/mol. The Hall–Kier alpha value is -2.62. The van der Waals surface area contributed by atoms with E-state index in [0.29, 0.717) is 12.1 Å². The van der Waals surface area contributed by atoms with Gasteiger partial charge in [0.25, 0.3) is 5.91 Å². The Kier molecular flexibility index (Phi) is 4.15. The van der Waals surface area contributed by atoms with Crippen molar-refractivity contribution in [2.24, 2.45) is 0 Å². The number of nitrogens with zero attached hydrogens (tertiary/aromatic N) is 1. The molecule has 1 aliphatic heterocycles. The summed E-state index contributed by atoms with van der Waals surface area (Å²) < 4.78 is 0. The van der Waals surface area contributed by atoms with E-state index in [2.05, 4.69) is 5.32 Å². The van der Waals surface area contributed by atoms with Crippen LogP contribution in [0, 0.1) is 0 Å². The predicted molar refractivity (Wildman–Crippen MR) is 89.1 cm³/mol. The van der Waals surface area contributed by atoms with Gasteiger partial charge in [0.2, 0.25) is 5.91 Å². The smallest absolute Gasteiger partial charge is 0.253 e. The lowest BCUT2D eigenvalue weighted by molar-refractivity contribution is -0.123. The molecule has 2 amide bonds. The summed E-state index contributed by atoms with van der Waals surface area (Å²) in [5.74, 6) is -0.408. The third-order valence-electron chi connectivity index (χ3n) is 4.34. The second-order valence-electron chi connectivity index (χ2n) is 5.97. The third kappa shape index (κ3) is 2.97. The third-order valence-corrected chi connectivity index (χ3v) is 4.34. The van der Waals surface area contributed by atoms with Crippen molar-refractivity contribution in [2.45, 2.75) is 18.9 Å². The molecular formula is C19H20N2O2. The zero-order valence-electron chi connectivity index (χ0n) is 13.3. The topological polar surface area (TPSA) is 49.4 Å². The van der Waals surface area contributed by atoms with Crippen LogP contribution in [-0.4, -0.2) is 30.3 Å². The quantitative estimate of drug-likeness (QED) is 0.948. The highest BCUT2D eigenvalue weighted by atomic mass is 16.2. The average Bonchev–Trinajstić information content (AvgIpc) is 2.58. The maximum Gasteiger partial charge on any atom is 0.253 e. The van der Waals surface area contributed by atoms with Gasteiger partial charge in [0.1, 0.15) is 0 Å². The van der Waals surface area contributed by atoms with Crippen LogP contribution in [0.2, 0.25) is 0 Å². The van der Waals surface area contributed by atoms with Gasteiger partial charge in [-0.05, 0) is 24.1 Å². The van der Waals surface area contributed by atoms with Crippen molar-refractivity contribution in [3.63, 3.8) is 0 Å². The van der Waals surface area contributed by atoms with Crippen molar-refractivity contribution in [3.05, 3.63) is 71.3 Å². The number of carbonyl (C=O) groups is 2. The maximum atomic E-state index is 12.7. The van der Waals surface area contributed by atoms with Crippen molar-refractivity contribution in [1.29, 1.82) is 0 Å². The van der Waals surface area contributed by atoms with Crippen LogP contribution in [0.5, 0.6) is 0 Å². The van der Waals surface area contributed by atoms with Crippen LogP contribution in [0.15, 0.2) is 54.6 Å². The van der Waals surface area contributed by atoms with E-state index in [1.54, 1.807) is 18.0 Å². The summed E-state index contributed by atoms with van der Waals surface area (Å²) in [6.45, 7) is 2.38. The molecule has 118 valence electrons. The Morgan fingerprint density at radius 3 is 2.52 bits per heavy atom. The lowest BCUT2D eigenvalue weighted by Crippen LogP contribution is -2.43. The molecule has 2 atom stereocenters. The van der Waals surface area contributed by atoms with E-state index >= 15 is 0 Å². The molecule has 3 rings (SSSR count). The van der Waals surface area contributed by atoms with E-state index in [9.17, 15) is 9.59 Å². The highest BCUT2D eigenvalue weighted by Crippen LogP contribution is 2.28. The van der Waals surface area contributed by atoms with Crippen LogP contribution in [0.1, 0.15) is 40.4 Å².